The first-order valence-electron chi connectivity index (χ1n) is 9.61. The summed E-state index contributed by atoms with van der Waals surface area (Å²) in [4.78, 5) is 43.3. The number of thiophene rings is 1. The van der Waals surface area contributed by atoms with Gasteiger partial charge in [0.2, 0.25) is 0 Å². The van der Waals surface area contributed by atoms with Crippen LogP contribution >= 0.6 is 11.3 Å². The molecule has 0 saturated carbocycles. The number of carbonyl (C=O) groups excluding carboxylic acids is 1. The number of nitrogens with one attached hydrogen (secondary N) is 1. The summed E-state index contributed by atoms with van der Waals surface area (Å²) in [5, 5.41) is 11.6. The van der Waals surface area contributed by atoms with Crippen LogP contribution in [0.1, 0.15) is 33.7 Å². The maximum absolute atomic E-state index is 12.6. The molecular formula is C22H17N3O6S. The zero-order valence-corrected chi connectivity index (χ0v) is 17.9. The van der Waals surface area contributed by atoms with E-state index in [1.807, 2.05) is 0 Å². The molecule has 0 bridgehead atoms. The number of para-hydroxylation sites is 1. The zero-order valence-electron chi connectivity index (χ0n) is 17.1. The summed E-state index contributed by atoms with van der Waals surface area (Å²) in [6, 6.07) is 9.59. The van der Waals surface area contributed by atoms with E-state index < -0.39 is 10.9 Å². The molecular weight excluding hydrogens is 434 g/mol. The van der Waals surface area contributed by atoms with Gasteiger partial charge in [-0.25, -0.2) is 9.78 Å². The second-order valence-corrected chi connectivity index (χ2v) is 7.72. The van der Waals surface area contributed by atoms with Gasteiger partial charge in [0.05, 0.1) is 22.5 Å². The van der Waals surface area contributed by atoms with Crippen LogP contribution in [-0.2, 0) is 4.74 Å². The van der Waals surface area contributed by atoms with Crippen LogP contribution in [0, 0.1) is 17.0 Å². The molecule has 1 aromatic carbocycles. The third kappa shape index (κ3) is 3.95. The molecule has 3 heterocycles. The van der Waals surface area contributed by atoms with E-state index in [9.17, 15) is 19.7 Å². The van der Waals surface area contributed by atoms with Gasteiger partial charge in [-0.2, -0.15) is 0 Å². The van der Waals surface area contributed by atoms with Crippen LogP contribution in [0.2, 0.25) is 0 Å². The number of benzene rings is 1. The van der Waals surface area contributed by atoms with Crippen LogP contribution in [0.4, 0.5) is 5.69 Å². The molecule has 0 atom stereocenters. The molecule has 0 aliphatic heterocycles. The predicted octanol–water partition coefficient (Wildman–Crippen LogP) is 4.81. The van der Waals surface area contributed by atoms with Crippen LogP contribution < -0.4 is 5.56 Å². The molecule has 1 N–H and O–H groups in total. The molecule has 4 aromatic rings. The predicted molar refractivity (Wildman–Crippen MR) is 121 cm³/mol. The fraction of sp³-hybridized carbons (Fsp3) is 0.136. The Hall–Kier alpha value is -4.05. The number of hydrogen-bond donors (Lipinski definition) is 1. The largest absolute Gasteiger partial charge is 0.462 e. The SMILES string of the molecule is CCOC(=O)c1sc2nc(/C=C/c3ccc(-c4ccccc4[N+](=O)[O-])o3)[nH]c(=O)c2c1C. The standard InChI is InChI=1S/C22H17N3O6S/c1-3-30-22(27)19-12(2)18-20(26)23-17(24-21(18)32-19)11-9-13-8-10-16(31-13)14-6-4-5-7-15(14)25(28)29/h4-11H,3H2,1-2H3,(H,23,24,26)/b11-9+. The molecule has 0 spiro atoms. The van der Waals surface area contributed by atoms with Crippen LogP contribution in [-0.4, -0.2) is 27.5 Å². The summed E-state index contributed by atoms with van der Waals surface area (Å²) >= 11 is 1.10. The number of fused-ring (bicyclic) bond motifs is 1. The lowest BCUT2D eigenvalue weighted by atomic mass is 10.1. The third-order valence-electron chi connectivity index (χ3n) is 4.68. The molecule has 32 heavy (non-hydrogen) atoms. The molecule has 0 aliphatic rings. The van der Waals surface area contributed by atoms with Crippen molar-refractivity contribution in [3.8, 4) is 11.3 Å². The number of ether oxygens (including phenoxy) is 1. The Bertz CT molecular complexity index is 1430. The maximum Gasteiger partial charge on any atom is 0.348 e. The summed E-state index contributed by atoms with van der Waals surface area (Å²) in [5.74, 6) is 0.572. The minimum Gasteiger partial charge on any atom is -0.462 e. The molecule has 9 nitrogen and oxygen atoms in total. The van der Waals surface area contributed by atoms with Crippen molar-refractivity contribution in [3.63, 3.8) is 0 Å². The van der Waals surface area contributed by atoms with Crippen molar-refractivity contribution in [1.29, 1.82) is 0 Å². The highest BCUT2D eigenvalue weighted by Gasteiger charge is 2.20. The van der Waals surface area contributed by atoms with Gasteiger partial charge < -0.3 is 14.1 Å². The molecule has 0 aliphatic carbocycles. The van der Waals surface area contributed by atoms with Crippen molar-refractivity contribution >= 4 is 45.4 Å². The average molecular weight is 451 g/mol. The van der Waals surface area contributed by atoms with E-state index in [4.69, 9.17) is 9.15 Å². The number of furan rings is 1. The van der Waals surface area contributed by atoms with E-state index >= 15 is 0 Å². The number of aryl methyl sites for hydroxylation is 1. The number of nitrogens with zero attached hydrogens (tertiary/aromatic N) is 2. The third-order valence-corrected chi connectivity index (χ3v) is 5.84. The zero-order chi connectivity index (χ0) is 22.8. The fourth-order valence-electron chi connectivity index (χ4n) is 3.22. The van der Waals surface area contributed by atoms with Crippen LogP contribution in [0.3, 0.4) is 0 Å². The molecule has 162 valence electrons. The van der Waals surface area contributed by atoms with E-state index in [1.54, 1.807) is 56.3 Å². The van der Waals surface area contributed by atoms with Crippen molar-refractivity contribution in [2.24, 2.45) is 0 Å². The van der Waals surface area contributed by atoms with Crippen molar-refractivity contribution in [2.75, 3.05) is 6.61 Å². The number of carbonyl (C=O) groups is 1. The Balaban J connectivity index is 1.65. The van der Waals surface area contributed by atoms with Crippen LogP contribution in [0.25, 0.3) is 33.7 Å². The first-order valence-corrected chi connectivity index (χ1v) is 10.4. The van der Waals surface area contributed by atoms with Crippen LogP contribution in [0.15, 0.2) is 45.6 Å². The molecule has 0 amide bonds. The summed E-state index contributed by atoms with van der Waals surface area (Å²) in [6.07, 6.45) is 3.15. The van der Waals surface area contributed by atoms with E-state index in [0.29, 0.717) is 37.7 Å². The smallest absolute Gasteiger partial charge is 0.348 e. The molecule has 0 saturated heterocycles. The summed E-state index contributed by atoms with van der Waals surface area (Å²) in [6.45, 7) is 3.64. The Morgan fingerprint density at radius 2 is 2.06 bits per heavy atom. The Morgan fingerprint density at radius 3 is 2.81 bits per heavy atom. The summed E-state index contributed by atoms with van der Waals surface area (Å²) in [7, 11) is 0. The molecule has 10 heteroatoms. The van der Waals surface area contributed by atoms with Gasteiger partial charge in [-0.15, -0.1) is 11.3 Å². The monoisotopic (exact) mass is 451 g/mol. The first kappa shape index (κ1) is 21.2. The number of aromatic nitrogens is 2. The quantitative estimate of drug-likeness (QED) is 0.253. The molecule has 0 fully saturated rings. The normalized spacial score (nSPS) is 11.3. The van der Waals surface area contributed by atoms with E-state index in [-0.39, 0.29) is 23.7 Å². The minimum atomic E-state index is -0.484. The second kappa shape index (κ2) is 8.60. The molecule has 0 unspecified atom stereocenters. The van der Waals surface area contributed by atoms with Crippen molar-refractivity contribution < 1.29 is 18.9 Å². The minimum absolute atomic E-state index is 0.0562. The number of nitro benzene ring substituents is 1. The first-order chi connectivity index (χ1) is 15.4. The number of H-pyrrole nitrogens is 1. The van der Waals surface area contributed by atoms with Gasteiger partial charge in [0.1, 0.15) is 27.1 Å². The highest BCUT2D eigenvalue weighted by molar-refractivity contribution is 7.20. The summed E-state index contributed by atoms with van der Waals surface area (Å²) < 4.78 is 10.8. The van der Waals surface area contributed by atoms with Gasteiger partial charge >= 0.3 is 5.97 Å². The number of aromatic amines is 1. The van der Waals surface area contributed by atoms with Gasteiger partial charge in [0.25, 0.3) is 11.2 Å². The van der Waals surface area contributed by atoms with Crippen LogP contribution in [0.5, 0.6) is 0 Å². The molecule has 3 aromatic heterocycles. The number of nitro groups is 1. The lowest BCUT2D eigenvalue weighted by molar-refractivity contribution is -0.384. The lowest BCUT2D eigenvalue weighted by Gasteiger charge is -1.99. The highest BCUT2D eigenvalue weighted by atomic mass is 32.1. The van der Waals surface area contributed by atoms with Crippen molar-refractivity contribution in [3.05, 3.63) is 78.9 Å². The van der Waals surface area contributed by atoms with E-state index in [2.05, 4.69) is 9.97 Å². The lowest BCUT2D eigenvalue weighted by Crippen LogP contribution is -2.10. The fourth-order valence-corrected chi connectivity index (χ4v) is 4.30. The number of rotatable bonds is 6. The maximum atomic E-state index is 12.6. The topological polar surface area (TPSA) is 128 Å². The molecule has 0 radical (unpaired) electrons. The van der Waals surface area contributed by atoms with Crippen molar-refractivity contribution in [1.82, 2.24) is 9.97 Å². The van der Waals surface area contributed by atoms with Gasteiger partial charge in [-0.1, -0.05) is 12.1 Å². The Kier molecular flexibility index (Phi) is 5.69. The van der Waals surface area contributed by atoms with Gasteiger partial charge in [0.15, 0.2) is 0 Å². The number of hydrogen-bond acceptors (Lipinski definition) is 8. The van der Waals surface area contributed by atoms with Gasteiger partial charge in [-0.05, 0) is 49.8 Å². The van der Waals surface area contributed by atoms with E-state index in [1.165, 1.54) is 6.07 Å². The second-order valence-electron chi connectivity index (χ2n) is 6.72. The highest BCUT2D eigenvalue weighted by Crippen LogP contribution is 2.31. The average Bonchev–Trinajstić information content (AvgIpc) is 3.37. The van der Waals surface area contributed by atoms with Gasteiger partial charge in [-0.3, -0.25) is 14.9 Å². The summed E-state index contributed by atoms with van der Waals surface area (Å²) in [5.41, 5.74) is 0.483. The van der Waals surface area contributed by atoms with E-state index in [0.717, 1.165) is 11.3 Å². The Morgan fingerprint density at radius 1 is 1.28 bits per heavy atom. The van der Waals surface area contributed by atoms with Crippen molar-refractivity contribution in [2.45, 2.75) is 13.8 Å². The number of esters is 1. The van der Waals surface area contributed by atoms with Gasteiger partial charge in [0, 0.05) is 6.07 Å². The Labute approximate surface area is 185 Å². The molecule has 4 rings (SSSR count).